The van der Waals surface area contributed by atoms with Crippen molar-refractivity contribution in [3.63, 3.8) is 0 Å². The van der Waals surface area contributed by atoms with Crippen molar-refractivity contribution < 1.29 is 9.72 Å². The quantitative estimate of drug-likeness (QED) is 0.626. The predicted octanol–water partition coefficient (Wildman–Crippen LogP) is 2.74. The molecule has 142 valence electrons. The normalized spacial score (nSPS) is 16.6. The highest BCUT2D eigenvalue weighted by molar-refractivity contribution is 5.94. The Hall–Kier alpha value is -2.77. The zero-order chi connectivity index (χ0) is 19.2. The number of nitrogens with zero attached hydrogens (tertiary/aromatic N) is 3. The second kappa shape index (κ2) is 8.75. The van der Waals surface area contributed by atoms with Crippen LogP contribution < -0.4 is 5.32 Å². The van der Waals surface area contributed by atoms with Crippen molar-refractivity contribution in [2.24, 2.45) is 0 Å². The second-order valence-electron chi connectivity index (χ2n) is 6.77. The van der Waals surface area contributed by atoms with Crippen molar-refractivity contribution in [1.29, 1.82) is 0 Å². The summed E-state index contributed by atoms with van der Waals surface area (Å²) in [5.74, 6) is -0.0969. The SMILES string of the molecule is CC(C(=O)Nc1ccc([N+](=O)[O-])cc1)N1CCN(Cc2ccccc2)CC1. The lowest BCUT2D eigenvalue weighted by Crippen LogP contribution is -2.52. The summed E-state index contributed by atoms with van der Waals surface area (Å²) in [5.41, 5.74) is 1.88. The average molecular weight is 368 g/mol. The lowest BCUT2D eigenvalue weighted by molar-refractivity contribution is -0.384. The number of piperazine rings is 1. The number of nitro benzene ring substituents is 1. The summed E-state index contributed by atoms with van der Waals surface area (Å²) in [4.78, 5) is 27.3. The number of carbonyl (C=O) groups is 1. The van der Waals surface area contributed by atoms with Crippen LogP contribution in [-0.4, -0.2) is 52.9 Å². The van der Waals surface area contributed by atoms with Crippen LogP contribution in [0.4, 0.5) is 11.4 Å². The molecule has 1 fully saturated rings. The van der Waals surface area contributed by atoms with E-state index >= 15 is 0 Å². The molecule has 0 spiro atoms. The summed E-state index contributed by atoms with van der Waals surface area (Å²) < 4.78 is 0. The first-order valence-corrected chi connectivity index (χ1v) is 9.08. The maximum Gasteiger partial charge on any atom is 0.269 e. The molecule has 1 N–H and O–H groups in total. The molecule has 0 bridgehead atoms. The van der Waals surface area contributed by atoms with E-state index in [0.717, 1.165) is 32.7 Å². The molecule has 2 aromatic rings. The predicted molar refractivity (Wildman–Crippen MR) is 104 cm³/mol. The van der Waals surface area contributed by atoms with Crippen molar-refractivity contribution in [1.82, 2.24) is 9.80 Å². The van der Waals surface area contributed by atoms with E-state index in [1.165, 1.54) is 17.7 Å². The van der Waals surface area contributed by atoms with Gasteiger partial charge in [-0.05, 0) is 24.6 Å². The van der Waals surface area contributed by atoms with Crippen molar-refractivity contribution in [3.8, 4) is 0 Å². The standard InChI is InChI=1S/C20H24N4O3/c1-16(20(25)21-18-7-9-19(10-8-18)24(26)27)23-13-11-22(12-14-23)15-17-5-3-2-4-6-17/h2-10,16H,11-15H2,1H3,(H,21,25). The molecule has 3 rings (SSSR count). The Bertz CT molecular complexity index is 772. The fraction of sp³-hybridized carbons (Fsp3) is 0.350. The van der Waals surface area contributed by atoms with Gasteiger partial charge in [0.2, 0.25) is 5.91 Å². The molecule has 1 heterocycles. The highest BCUT2D eigenvalue weighted by Gasteiger charge is 2.25. The minimum Gasteiger partial charge on any atom is -0.325 e. The third-order valence-electron chi connectivity index (χ3n) is 4.93. The number of benzene rings is 2. The van der Waals surface area contributed by atoms with Gasteiger partial charge in [0.1, 0.15) is 0 Å². The first-order chi connectivity index (χ1) is 13.0. The molecular weight excluding hydrogens is 344 g/mol. The molecule has 2 aromatic carbocycles. The number of hydrogen-bond acceptors (Lipinski definition) is 5. The fourth-order valence-corrected chi connectivity index (χ4v) is 3.23. The Labute approximate surface area is 158 Å². The van der Waals surface area contributed by atoms with Gasteiger partial charge in [0.25, 0.3) is 5.69 Å². The number of nitro groups is 1. The van der Waals surface area contributed by atoms with E-state index in [2.05, 4.69) is 39.4 Å². The number of nitrogens with one attached hydrogen (secondary N) is 1. The van der Waals surface area contributed by atoms with Crippen LogP contribution in [0.2, 0.25) is 0 Å². The van der Waals surface area contributed by atoms with Crippen LogP contribution in [0, 0.1) is 10.1 Å². The minimum atomic E-state index is -0.455. The molecule has 0 aromatic heterocycles. The molecule has 1 saturated heterocycles. The molecule has 1 unspecified atom stereocenters. The fourth-order valence-electron chi connectivity index (χ4n) is 3.23. The second-order valence-corrected chi connectivity index (χ2v) is 6.77. The van der Waals surface area contributed by atoms with Crippen LogP contribution in [0.1, 0.15) is 12.5 Å². The largest absolute Gasteiger partial charge is 0.325 e. The van der Waals surface area contributed by atoms with Gasteiger partial charge in [-0.2, -0.15) is 0 Å². The van der Waals surface area contributed by atoms with Crippen LogP contribution in [0.15, 0.2) is 54.6 Å². The topological polar surface area (TPSA) is 78.7 Å². The third-order valence-corrected chi connectivity index (χ3v) is 4.93. The van der Waals surface area contributed by atoms with Crippen molar-refractivity contribution in [2.45, 2.75) is 19.5 Å². The van der Waals surface area contributed by atoms with Crippen molar-refractivity contribution in [3.05, 3.63) is 70.3 Å². The molecule has 27 heavy (non-hydrogen) atoms. The average Bonchev–Trinajstić information content (AvgIpc) is 2.69. The molecular formula is C20H24N4O3. The molecule has 0 aliphatic carbocycles. The third kappa shape index (κ3) is 5.12. The molecule has 1 aliphatic rings. The lowest BCUT2D eigenvalue weighted by atomic mass is 10.1. The lowest BCUT2D eigenvalue weighted by Gasteiger charge is -2.37. The molecule has 7 heteroatoms. The highest BCUT2D eigenvalue weighted by atomic mass is 16.6. The molecule has 1 aliphatic heterocycles. The van der Waals surface area contributed by atoms with Crippen molar-refractivity contribution >= 4 is 17.3 Å². The summed E-state index contributed by atoms with van der Waals surface area (Å²) in [7, 11) is 0. The van der Waals surface area contributed by atoms with Gasteiger partial charge in [0.05, 0.1) is 11.0 Å². The smallest absolute Gasteiger partial charge is 0.269 e. The summed E-state index contributed by atoms with van der Waals surface area (Å²) >= 11 is 0. The number of amides is 1. The first-order valence-electron chi connectivity index (χ1n) is 9.08. The summed E-state index contributed by atoms with van der Waals surface area (Å²) in [6.45, 7) is 6.34. The number of hydrogen-bond donors (Lipinski definition) is 1. The van der Waals surface area contributed by atoms with Gasteiger partial charge in [-0.3, -0.25) is 24.7 Å². The van der Waals surface area contributed by atoms with Gasteiger partial charge >= 0.3 is 0 Å². The van der Waals surface area contributed by atoms with E-state index in [1.807, 2.05) is 13.0 Å². The maximum atomic E-state index is 12.5. The summed E-state index contributed by atoms with van der Waals surface area (Å²) in [6, 6.07) is 16.0. The van der Waals surface area contributed by atoms with Gasteiger partial charge < -0.3 is 5.32 Å². The maximum absolute atomic E-state index is 12.5. The van der Waals surface area contributed by atoms with Crippen LogP contribution >= 0.6 is 0 Å². The Kier molecular flexibility index (Phi) is 6.16. The first kappa shape index (κ1) is 19.0. The number of anilines is 1. The Morgan fingerprint density at radius 1 is 1.07 bits per heavy atom. The zero-order valence-corrected chi connectivity index (χ0v) is 15.4. The van der Waals surface area contributed by atoms with E-state index in [1.54, 1.807) is 12.1 Å². The van der Waals surface area contributed by atoms with Crippen LogP contribution in [0.25, 0.3) is 0 Å². The minimum absolute atomic E-state index is 0.00980. The summed E-state index contributed by atoms with van der Waals surface area (Å²) in [6.07, 6.45) is 0. The van der Waals surface area contributed by atoms with Gasteiger partial charge in [0.15, 0.2) is 0 Å². The van der Waals surface area contributed by atoms with E-state index in [0.29, 0.717) is 5.69 Å². The van der Waals surface area contributed by atoms with E-state index in [4.69, 9.17) is 0 Å². The molecule has 1 atom stereocenters. The number of rotatable bonds is 6. The highest BCUT2D eigenvalue weighted by Crippen LogP contribution is 2.17. The molecule has 0 radical (unpaired) electrons. The van der Waals surface area contributed by atoms with E-state index < -0.39 is 4.92 Å². The molecule has 1 amide bonds. The Morgan fingerprint density at radius 2 is 1.70 bits per heavy atom. The van der Waals surface area contributed by atoms with Crippen LogP contribution in [0.5, 0.6) is 0 Å². The van der Waals surface area contributed by atoms with Crippen LogP contribution in [-0.2, 0) is 11.3 Å². The molecule has 0 saturated carbocycles. The summed E-state index contributed by atoms with van der Waals surface area (Å²) in [5, 5.41) is 13.5. The Morgan fingerprint density at radius 3 is 2.30 bits per heavy atom. The monoisotopic (exact) mass is 368 g/mol. The van der Waals surface area contributed by atoms with Gasteiger partial charge in [-0.25, -0.2) is 0 Å². The number of carbonyl (C=O) groups excluding carboxylic acids is 1. The van der Waals surface area contributed by atoms with Gasteiger partial charge in [-0.15, -0.1) is 0 Å². The van der Waals surface area contributed by atoms with Crippen molar-refractivity contribution in [2.75, 3.05) is 31.5 Å². The molecule has 7 nitrogen and oxygen atoms in total. The van der Waals surface area contributed by atoms with Gasteiger partial charge in [0, 0.05) is 50.5 Å². The van der Waals surface area contributed by atoms with E-state index in [-0.39, 0.29) is 17.6 Å². The van der Waals surface area contributed by atoms with Crippen LogP contribution in [0.3, 0.4) is 0 Å². The van der Waals surface area contributed by atoms with Gasteiger partial charge in [-0.1, -0.05) is 30.3 Å². The number of non-ortho nitro benzene ring substituents is 1. The van der Waals surface area contributed by atoms with E-state index in [9.17, 15) is 14.9 Å². The zero-order valence-electron chi connectivity index (χ0n) is 15.4. The Balaban J connectivity index is 1.48.